The van der Waals surface area contributed by atoms with E-state index in [1.165, 1.54) is 0 Å². The van der Waals surface area contributed by atoms with Crippen molar-refractivity contribution < 1.29 is 0 Å². The van der Waals surface area contributed by atoms with Crippen molar-refractivity contribution in [3.05, 3.63) is 40.3 Å². The fourth-order valence-electron chi connectivity index (χ4n) is 0.771. The topological polar surface area (TPSA) is 0 Å². The molecule has 0 unspecified atom stereocenters. The highest BCUT2D eigenvalue weighted by Gasteiger charge is 2.23. The van der Waals surface area contributed by atoms with Gasteiger partial charge in [0, 0.05) is 0 Å². The zero-order chi connectivity index (χ0) is 12.6. The van der Waals surface area contributed by atoms with Crippen LogP contribution in [0.2, 0.25) is 0 Å². The van der Waals surface area contributed by atoms with Gasteiger partial charge in [-0.1, -0.05) is 92.8 Å². The van der Waals surface area contributed by atoms with Crippen LogP contribution in [0.5, 0.6) is 0 Å². The van der Waals surface area contributed by atoms with Crippen LogP contribution >= 0.6 is 92.8 Å². The Morgan fingerprint density at radius 1 is 0.250 bits per heavy atom. The van der Waals surface area contributed by atoms with Gasteiger partial charge in [0.2, 0.25) is 0 Å². The number of allylic oxidation sites excluding steroid dienone is 8. The Morgan fingerprint density at radius 3 is 0.375 bits per heavy atom. The molecule has 0 aromatic carbocycles. The lowest BCUT2D eigenvalue weighted by atomic mass is 10.3. The van der Waals surface area contributed by atoms with Crippen LogP contribution in [0.1, 0.15) is 0 Å². The maximum absolute atomic E-state index is 5.83. The molecule has 0 heterocycles. The highest BCUT2D eigenvalue weighted by atomic mass is 35.5. The molecule has 1 aliphatic rings. The van der Waals surface area contributed by atoms with Crippen molar-refractivity contribution in [2.24, 2.45) is 0 Å². The van der Waals surface area contributed by atoms with E-state index >= 15 is 0 Å². The molecule has 8 heteroatoms. The average Bonchev–Trinajstić information content (AvgIpc) is 2.30. The summed E-state index contributed by atoms with van der Waals surface area (Å²) in [4.78, 5) is 0. The summed E-state index contributed by atoms with van der Waals surface area (Å²) in [5.74, 6) is 0. The van der Waals surface area contributed by atoms with Gasteiger partial charge in [-0.2, -0.15) is 0 Å². The van der Waals surface area contributed by atoms with Gasteiger partial charge in [0.1, 0.15) is 0 Å². The molecule has 0 fully saturated rings. The second kappa shape index (κ2) is 5.95. The van der Waals surface area contributed by atoms with E-state index in [0.717, 1.165) is 0 Å². The first-order valence-corrected chi connectivity index (χ1v) is 6.54. The first-order valence-electron chi connectivity index (χ1n) is 3.51. The highest BCUT2D eigenvalue weighted by molar-refractivity contribution is 6.60. The predicted molar refractivity (Wildman–Crippen MR) is 74.9 cm³/mol. The molecule has 0 spiro atoms. The summed E-state index contributed by atoms with van der Waals surface area (Å²) in [6.07, 6.45) is 0. The molecular weight excluding hydrogens is 380 g/mol. The number of hydrogen-bond donors (Lipinski definition) is 0. The maximum atomic E-state index is 5.83. The third-order valence-corrected chi connectivity index (χ3v) is 5.34. The van der Waals surface area contributed by atoms with Gasteiger partial charge in [0.15, 0.2) is 0 Å². The molecular formula is C8Cl8. The van der Waals surface area contributed by atoms with Crippen LogP contribution in [0.15, 0.2) is 40.3 Å². The summed E-state index contributed by atoms with van der Waals surface area (Å²) in [6, 6.07) is 0. The zero-order valence-electron chi connectivity index (χ0n) is 7.02. The Morgan fingerprint density at radius 2 is 0.312 bits per heavy atom. The van der Waals surface area contributed by atoms with Gasteiger partial charge in [-0.3, -0.25) is 0 Å². The molecule has 0 aromatic heterocycles. The summed E-state index contributed by atoms with van der Waals surface area (Å²) < 4.78 is 0. The minimum Gasteiger partial charge on any atom is -0.0810 e. The quantitative estimate of drug-likeness (QED) is 0.436. The third kappa shape index (κ3) is 2.81. The molecule has 0 saturated heterocycles. The molecule has 88 valence electrons. The molecule has 16 heavy (non-hydrogen) atoms. The molecule has 0 nitrogen and oxygen atoms in total. The van der Waals surface area contributed by atoms with Crippen molar-refractivity contribution in [1.29, 1.82) is 0 Å². The Labute approximate surface area is 132 Å². The van der Waals surface area contributed by atoms with E-state index in [4.69, 9.17) is 92.8 Å². The van der Waals surface area contributed by atoms with E-state index in [9.17, 15) is 0 Å². The minimum absolute atomic E-state index is 0.0567. The number of hydrogen-bond acceptors (Lipinski definition) is 0. The van der Waals surface area contributed by atoms with Crippen LogP contribution in [0, 0.1) is 0 Å². The maximum Gasteiger partial charge on any atom is 0.0810 e. The fourth-order valence-corrected chi connectivity index (χ4v) is 2.67. The fraction of sp³-hybridized carbons (Fsp3) is 0. The molecule has 1 aliphatic carbocycles. The van der Waals surface area contributed by atoms with E-state index in [1.807, 2.05) is 0 Å². The Bertz CT molecular complexity index is 314. The largest absolute Gasteiger partial charge is 0.0810 e. The van der Waals surface area contributed by atoms with Crippen LogP contribution in [0.3, 0.4) is 0 Å². The first-order chi connectivity index (χ1) is 7.29. The lowest BCUT2D eigenvalue weighted by molar-refractivity contribution is 1.57. The van der Waals surface area contributed by atoms with Crippen molar-refractivity contribution in [1.82, 2.24) is 0 Å². The Balaban J connectivity index is 3.67. The standard InChI is InChI=1S/C8Cl8/c9-1-2(10)4(12)6(14)8(16)7(15)5(13)3(1)11. The van der Waals surface area contributed by atoms with Crippen LogP contribution in [0.4, 0.5) is 0 Å². The van der Waals surface area contributed by atoms with Gasteiger partial charge in [0.25, 0.3) is 0 Å². The van der Waals surface area contributed by atoms with Crippen LogP contribution < -0.4 is 0 Å². The summed E-state index contributed by atoms with van der Waals surface area (Å²) in [6.45, 7) is 0. The Hall–Kier alpha value is 1.28. The molecule has 0 atom stereocenters. The molecule has 0 radical (unpaired) electrons. The second-order valence-corrected chi connectivity index (χ2v) is 5.54. The molecule has 0 N–H and O–H groups in total. The van der Waals surface area contributed by atoms with Gasteiger partial charge in [-0.15, -0.1) is 0 Å². The predicted octanol–water partition coefficient (Wildman–Crippen LogP) is 6.76. The normalized spacial score (nSPS) is 19.5. The van der Waals surface area contributed by atoms with Gasteiger partial charge in [-0.05, 0) is 0 Å². The smallest absolute Gasteiger partial charge is 0.0810 e. The van der Waals surface area contributed by atoms with Crippen molar-refractivity contribution >= 4 is 92.8 Å². The van der Waals surface area contributed by atoms with Crippen molar-refractivity contribution in [2.75, 3.05) is 0 Å². The first kappa shape index (κ1) is 15.3. The SMILES string of the molecule is ClC1=C(Cl)C(Cl)=C(Cl)C(Cl)=C(Cl)C(Cl)=C1Cl. The lowest BCUT2D eigenvalue weighted by Gasteiger charge is -2.12. The third-order valence-electron chi connectivity index (χ3n) is 1.54. The zero-order valence-corrected chi connectivity index (χ0v) is 13.1. The summed E-state index contributed by atoms with van der Waals surface area (Å²) >= 11 is 46.7. The van der Waals surface area contributed by atoms with Gasteiger partial charge >= 0.3 is 0 Å². The van der Waals surface area contributed by atoms with E-state index in [0.29, 0.717) is 0 Å². The number of halogens is 8. The van der Waals surface area contributed by atoms with Crippen molar-refractivity contribution in [3.63, 3.8) is 0 Å². The van der Waals surface area contributed by atoms with E-state index in [-0.39, 0.29) is 40.3 Å². The second-order valence-electron chi connectivity index (χ2n) is 2.51. The van der Waals surface area contributed by atoms with Gasteiger partial charge < -0.3 is 0 Å². The van der Waals surface area contributed by atoms with E-state index < -0.39 is 0 Å². The van der Waals surface area contributed by atoms with Gasteiger partial charge in [-0.25, -0.2) is 0 Å². The van der Waals surface area contributed by atoms with Crippen molar-refractivity contribution in [3.8, 4) is 0 Å². The number of rotatable bonds is 0. The lowest BCUT2D eigenvalue weighted by Crippen LogP contribution is -1.93. The molecule has 0 aromatic rings. The monoisotopic (exact) mass is 376 g/mol. The highest BCUT2D eigenvalue weighted by Crippen LogP contribution is 2.45. The van der Waals surface area contributed by atoms with Crippen LogP contribution in [0.25, 0.3) is 0 Å². The minimum atomic E-state index is -0.0567. The van der Waals surface area contributed by atoms with Crippen LogP contribution in [-0.2, 0) is 0 Å². The molecule has 0 saturated carbocycles. The summed E-state index contributed by atoms with van der Waals surface area (Å²) in [7, 11) is 0. The van der Waals surface area contributed by atoms with E-state index in [1.54, 1.807) is 0 Å². The molecule has 0 amide bonds. The van der Waals surface area contributed by atoms with Crippen molar-refractivity contribution in [2.45, 2.75) is 0 Å². The van der Waals surface area contributed by atoms with Crippen LogP contribution in [-0.4, -0.2) is 0 Å². The summed E-state index contributed by atoms with van der Waals surface area (Å²) in [5.41, 5.74) is 0. The molecule has 1 rings (SSSR count). The summed E-state index contributed by atoms with van der Waals surface area (Å²) in [5, 5.41) is -0.453. The Kier molecular flexibility index (Phi) is 5.70. The average molecular weight is 380 g/mol. The molecule has 0 aliphatic heterocycles. The van der Waals surface area contributed by atoms with Gasteiger partial charge in [0.05, 0.1) is 40.3 Å². The molecule has 0 bridgehead atoms. The van der Waals surface area contributed by atoms with E-state index in [2.05, 4.69) is 0 Å².